The maximum Gasteiger partial charge on any atom is 0.151 e. The molecule has 0 radical (unpaired) electrons. The summed E-state index contributed by atoms with van der Waals surface area (Å²) in [5.41, 5.74) is 2.41. The van der Waals surface area contributed by atoms with Gasteiger partial charge in [0.25, 0.3) is 0 Å². The molecular weight excluding hydrogens is 246 g/mol. The smallest absolute Gasteiger partial charge is 0.151 e. The summed E-state index contributed by atoms with van der Waals surface area (Å²) in [6.07, 6.45) is 6.42. The van der Waals surface area contributed by atoms with Crippen molar-refractivity contribution in [3.63, 3.8) is 0 Å². The largest absolute Gasteiger partial charge is 0.230 e. The van der Waals surface area contributed by atoms with Crippen molar-refractivity contribution < 1.29 is 0 Å². The number of para-hydroxylation sites is 1. The molecule has 1 heterocycles. The molecule has 0 N–H and O–H groups in total. The van der Waals surface area contributed by atoms with E-state index in [4.69, 9.17) is 0 Å². The third-order valence-electron chi connectivity index (χ3n) is 2.32. The van der Waals surface area contributed by atoms with Gasteiger partial charge in [0.1, 0.15) is 0 Å². The van der Waals surface area contributed by atoms with Crippen molar-refractivity contribution >= 4 is 33.3 Å². The lowest BCUT2D eigenvalue weighted by molar-refractivity contribution is 1.30. The molecule has 0 bridgehead atoms. The minimum absolute atomic E-state index is 0.982. The molecule has 0 fully saturated rings. The maximum absolute atomic E-state index is 4.59. The van der Waals surface area contributed by atoms with E-state index in [-0.39, 0.29) is 0 Å². The molecule has 1 aromatic carbocycles. The molecule has 0 aliphatic carbocycles. The first-order valence-electron chi connectivity index (χ1n) is 5.57. The summed E-state index contributed by atoms with van der Waals surface area (Å²) in [7, 11) is 0. The van der Waals surface area contributed by atoms with Crippen LogP contribution in [-0.4, -0.2) is 10.7 Å². The standard InChI is InChI=1S/C14H15NS2/c1-3-6-11(2)9-10-16-14-15-12-7-4-5-8-13(12)17-14/h3-9H,10H2,1-2H3/b6-3+,11-9-. The summed E-state index contributed by atoms with van der Waals surface area (Å²) in [5.74, 6) is 0.982. The lowest BCUT2D eigenvalue weighted by Crippen LogP contribution is -1.75. The van der Waals surface area contributed by atoms with E-state index in [1.165, 1.54) is 10.3 Å². The van der Waals surface area contributed by atoms with E-state index >= 15 is 0 Å². The Labute approximate surface area is 110 Å². The van der Waals surface area contributed by atoms with Gasteiger partial charge in [0.05, 0.1) is 10.2 Å². The van der Waals surface area contributed by atoms with Crippen LogP contribution in [-0.2, 0) is 0 Å². The number of fused-ring (bicyclic) bond motifs is 1. The highest BCUT2D eigenvalue weighted by molar-refractivity contribution is 8.01. The molecule has 0 amide bonds. The Morgan fingerprint density at radius 1 is 1.41 bits per heavy atom. The third kappa shape index (κ3) is 3.45. The maximum atomic E-state index is 4.59. The lowest BCUT2D eigenvalue weighted by atomic mass is 10.3. The van der Waals surface area contributed by atoms with Crippen LogP contribution in [0, 0.1) is 0 Å². The van der Waals surface area contributed by atoms with Crippen LogP contribution in [0.15, 0.2) is 52.4 Å². The van der Waals surface area contributed by atoms with Gasteiger partial charge in [-0.3, -0.25) is 0 Å². The number of aromatic nitrogens is 1. The molecule has 0 spiro atoms. The normalized spacial score (nSPS) is 12.7. The second-order valence-corrected chi connectivity index (χ2v) is 6.00. The Morgan fingerprint density at radius 3 is 3.00 bits per heavy atom. The Hall–Kier alpha value is -1.06. The fourth-order valence-electron chi connectivity index (χ4n) is 1.49. The van der Waals surface area contributed by atoms with Crippen molar-refractivity contribution in [2.45, 2.75) is 18.2 Å². The summed E-state index contributed by atoms with van der Waals surface area (Å²) in [6, 6.07) is 8.28. The molecule has 0 atom stereocenters. The van der Waals surface area contributed by atoms with E-state index in [0.717, 1.165) is 15.6 Å². The average molecular weight is 261 g/mol. The van der Waals surface area contributed by atoms with Crippen molar-refractivity contribution in [3.05, 3.63) is 48.1 Å². The number of benzene rings is 1. The molecule has 17 heavy (non-hydrogen) atoms. The molecule has 0 unspecified atom stereocenters. The van der Waals surface area contributed by atoms with Gasteiger partial charge in [0.2, 0.25) is 0 Å². The zero-order chi connectivity index (χ0) is 12.1. The summed E-state index contributed by atoms with van der Waals surface area (Å²) in [6.45, 7) is 4.16. The molecule has 1 aromatic heterocycles. The van der Waals surface area contributed by atoms with Crippen LogP contribution >= 0.6 is 23.1 Å². The van der Waals surface area contributed by atoms with Crippen molar-refractivity contribution in [2.75, 3.05) is 5.75 Å². The quantitative estimate of drug-likeness (QED) is 0.573. The highest BCUT2D eigenvalue weighted by Gasteiger charge is 2.01. The molecule has 2 aromatic rings. The number of thiazole rings is 1. The van der Waals surface area contributed by atoms with Crippen LogP contribution in [0.3, 0.4) is 0 Å². The van der Waals surface area contributed by atoms with Crippen LogP contribution in [0.2, 0.25) is 0 Å². The van der Waals surface area contributed by atoms with Gasteiger partial charge in [-0.1, -0.05) is 47.7 Å². The van der Waals surface area contributed by atoms with Gasteiger partial charge >= 0.3 is 0 Å². The second kappa shape index (κ2) is 6.03. The van der Waals surface area contributed by atoms with E-state index in [1.807, 2.05) is 13.0 Å². The van der Waals surface area contributed by atoms with E-state index < -0.39 is 0 Å². The number of hydrogen-bond donors (Lipinski definition) is 0. The molecular formula is C14H15NS2. The number of thioether (sulfide) groups is 1. The van der Waals surface area contributed by atoms with Crippen LogP contribution in [0.4, 0.5) is 0 Å². The van der Waals surface area contributed by atoms with Gasteiger partial charge in [0, 0.05) is 5.75 Å². The third-order valence-corrected chi connectivity index (χ3v) is 4.42. The molecule has 0 saturated heterocycles. The van der Waals surface area contributed by atoms with E-state index in [9.17, 15) is 0 Å². The molecule has 3 heteroatoms. The highest BCUT2D eigenvalue weighted by atomic mass is 32.2. The number of rotatable bonds is 4. The van der Waals surface area contributed by atoms with Crippen molar-refractivity contribution in [1.29, 1.82) is 0 Å². The van der Waals surface area contributed by atoms with Gasteiger partial charge < -0.3 is 0 Å². The summed E-state index contributed by atoms with van der Waals surface area (Å²) < 4.78 is 2.42. The highest BCUT2D eigenvalue weighted by Crippen LogP contribution is 2.29. The predicted molar refractivity (Wildman–Crippen MR) is 78.9 cm³/mol. The van der Waals surface area contributed by atoms with Crippen LogP contribution in [0.25, 0.3) is 10.2 Å². The lowest BCUT2D eigenvalue weighted by Gasteiger charge is -1.92. The minimum atomic E-state index is 0.982. The van der Waals surface area contributed by atoms with Crippen molar-refractivity contribution in [2.24, 2.45) is 0 Å². The average Bonchev–Trinajstić information content (AvgIpc) is 2.71. The fourth-order valence-corrected chi connectivity index (χ4v) is 3.55. The van der Waals surface area contributed by atoms with Gasteiger partial charge in [-0.15, -0.1) is 11.3 Å². The molecule has 0 aliphatic heterocycles. The Kier molecular flexibility index (Phi) is 4.40. The predicted octanol–water partition coefficient (Wildman–Crippen LogP) is 4.91. The number of allylic oxidation sites excluding steroid dienone is 3. The van der Waals surface area contributed by atoms with Crippen LogP contribution in [0.1, 0.15) is 13.8 Å². The first kappa shape index (κ1) is 12.4. The van der Waals surface area contributed by atoms with Gasteiger partial charge in [-0.05, 0) is 26.0 Å². The van der Waals surface area contributed by atoms with Crippen molar-refractivity contribution in [3.8, 4) is 0 Å². The van der Waals surface area contributed by atoms with E-state index in [1.54, 1.807) is 23.1 Å². The second-order valence-electron chi connectivity index (χ2n) is 3.71. The Morgan fingerprint density at radius 2 is 2.24 bits per heavy atom. The summed E-state index contributed by atoms with van der Waals surface area (Å²) in [5, 5.41) is 0. The first-order valence-corrected chi connectivity index (χ1v) is 7.37. The molecule has 0 saturated carbocycles. The SMILES string of the molecule is C/C=C/C(C)=C\CSc1nc2ccccc2s1. The zero-order valence-electron chi connectivity index (χ0n) is 10.0. The molecule has 88 valence electrons. The van der Waals surface area contributed by atoms with E-state index in [2.05, 4.69) is 48.3 Å². The zero-order valence-corrected chi connectivity index (χ0v) is 11.6. The topological polar surface area (TPSA) is 12.9 Å². The molecule has 0 aliphatic rings. The molecule has 2 rings (SSSR count). The summed E-state index contributed by atoms with van der Waals surface area (Å²) >= 11 is 3.56. The number of nitrogens with zero attached hydrogens (tertiary/aromatic N) is 1. The summed E-state index contributed by atoms with van der Waals surface area (Å²) in [4.78, 5) is 4.59. The minimum Gasteiger partial charge on any atom is -0.230 e. The Bertz CT molecular complexity index is 519. The van der Waals surface area contributed by atoms with Crippen LogP contribution in [0.5, 0.6) is 0 Å². The molecule has 1 nitrogen and oxygen atoms in total. The Balaban J connectivity index is 2.02. The van der Waals surface area contributed by atoms with Gasteiger partial charge in [-0.2, -0.15) is 0 Å². The monoisotopic (exact) mass is 261 g/mol. The van der Waals surface area contributed by atoms with Gasteiger partial charge in [-0.25, -0.2) is 4.98 Å². The van der Waals surface area contributed by atoms with Crippen molar-refractivity contribution in [1.82, 2.24) is 4.98 Å². The first-order chi connectivity index (χ1) is 8.29. The van der Waals surface area contributed by atoms with Crippen LogP contribution < -0.4 is 0 Å². The fraction of sp³-hybridized carbons (Fsp3) is 0.214. The number of hydrogen-bond acceptors (Lipinski definition) is 3. The van der Waals surface area contributed by atoms with Gasteiger partial charge in [0.15, 0.2) is 4.34 Å². The van der Waals surface area contributed by atoms with E-state index in [0.29, 0.717) is 0 Å².